The lowest BCUT2D eigenvalue weighted by Crippen LogP contribution is -2.35. The van der Waals surface area contributed by atoms with Crippen molar-refractivity contribution in [2.75, 3.05) is 18.5 Å². The van der Waals surface area contributed by atoms with Gasteiger partial charge < -0.3 is 10.1 Å². The van der Waals surface area contributed by atoms with Crippen LogP contribution in [0.4, 0.5) is 5.69 Å². The summed E-state index contributed by atoms with van der Waals surface area (Å²) in [7, 11) is 0. The van der Waals surface area contributed by atoms with E-state index in [0.717, 1.165) is 33.5 Å². The number of hydrogen-bond donors (Lipinski definition) is 1. The minimum Gasteiger partial charge on any atom is -0.377 e. The molecule has 3 rings (SSSR count). The van der Waals surface area contributed by atoms with E-state index >= 15 is 0 Å². The second kappa shape index (κ2) is 8.84. The maximum Gasteiger partial charge on any atom is 0.278 e. The second-order valence-electron chi connectivity index (χ2n) is 8.25. The van der Waals surface area contributed by atoms with Gasteiger partial charge in [0.15, 0.2) is 0 Å². The highest BCUT2D eigenvalue weighted by Gasteiger charge is 2.39. The summed E-state index contributed by atoms with van der Waals surface area (Å²) in [6.07, 6.45) is 0.0393. The molecule has 1 N–H and O–H groups in total. The quantitative estimate of drug-likeness (QED) is 0.686. The van der Waals surface area contributed by atoms with Crippen LogP contribution in [0.15, 0.2) is 42.1 Å². The first-order valence-corrected chi connectivity index (χ1v) is 10.3. The molecule has 0 radical (unpaired) electrons. The Morgan fingerprint density at radius 2 is 1.57 bits per heavy atom. The molecule has 0 aromatic heterocycles. The summed E-state index contributed by atoms with van der Waals surface area (Å²) in [5.41, 5.74) is 6.56. The molecule has 30 heavy (non-hydrogen) atoms. The van der Waals surface area contributed by atoms with E-state index < -0.39 is 0 Å². The minimum atomic E-state index is -0.318. The van der Waals surface area contributed by atoms with Crippen LogP contribution in [0, 0.1) is 27.7 Å². The minimum absolute atomic E-state index is 0.0393. The van der Waals surface area contributed by atoms with Gasteiger partial charge in [-0.3, -0.25) is 14.5 Å². The second-order valence-corrected chi connectivity index (χ2v) is 8.25. The molecule has 2 aromatic rings. The number of imide groups is 1. The first-order chi connectivity index (χ1) is 14.2. The number of benzene rings is 2. The molecule has 5 nitrogen and oxygen atoms in total. The summed E-state index contributed by atoms with van der Waals surface area (Å²) in [4.78, 5) is 27.9. The standard InChI is InChI=1S/C25H30N2O3/c1-15(2)30-10-9-27-24(28)22(21-8-7-16(3)12-19(21)6)23(25(27)29)26-20-13-17(4)11-18(5)14-20/h7-8,11-15,26H,9-10H2,1-6H3. The van der Waals surface area contributed by atoms with Crippen LogP contribution in [0.5, 0.6) is 0 Å². The zero-order valence-electron chi connectivity index (χ0n) is 18.6. The molecule has 0 fully saturated rings. The molecule has 1 heterocycles. The van der Waals surface area contributed by atoms with Gasteiger partial charge in [-0.05, 0) is 75.9 Å². The van der Waals surface area contributed by atoms with Crippen LogP contribution < -0.4 is 5.32 Å². The number of carbonyl (C=O) groups excluding carboxylic acids is 2. The maximum atomic E-state index is 13.3. The van der Waals surface area contributed by atoms with E-state index in [9.17, 15) is 9.59 Å². The average molecular weight is 407 g/mol. The summed E-state index contributed by atoms with van der Waals surface area (Å²) in [5, 5.41) is 3.25. The highest BCUT2D eigenvalue weighted by atomic mass is 16.5. The van der Waals surface area contributed by atoms with Crippen LogP contribution in [0.25, 0.3) is 5.57 Å². The molecule has 0 saturated carbocycles. The van der Waals surface area contributed by atoms with E-state index in [0.29, 0.717) is 17.9 Å². The van der Waals surface area contributed by atoms with Crippen LogP contribution in [0.2, 0.25) is 0 Å². The molecule has 0 atom stereocenters. The number of nitrogens with zero attached hydrogens (tertiary/aromatic N) is 1. The van der Waals surface area contributed by atoms with E-state index in [2.05, 4.69) is 11.4 Å². The highest BCUT2D eigenvalue weighted by molar-refractivity contribution is 6.36. The van der Waals surface area contributed by atoms with Gasteiger partial charge in [-0.2, -0.15) is 0 Å². The molecular weight excluding hydrogens is 376 g/mol. The molecule has 158 valence electrons. The largest absolute Gasteiger partial charge is 0.377 e. The monoisotopic (exact) mass is 406 g/mol. The molecule has 2 aromatic carbocycles. The van der Waals surface area contributed by atoms with Crippen molar-refractivity contribution < 1.29 is 14.3 Å². The molecule has 0 aliphatic carbocycles. The Balaban J connectivity index is 2.03. The fourth-order valence-electron chi connectivity index (χ4n) is 3.81. The number of ether oxygens (including phenoxy) is 1. The lowest BCUT2D eigenvalue weighted by Gasteiger charge is -2.16. The Hall–Kier alpha value is -2.92. The fraction of sp³-hybridized carbons (Fsp3) is 0.360. The van der Waals surface area contributed by atoms with Gasteiger partial charge in [0.2, 0.25) is 0 Å². The lowest BCUT2D eigenvalue weighted by atomic mass is 9.97. The summed E-state index contributed by atoms with van der Waals surface area (Å²) in [6, 6.07) is 11.9. The van der Waals surface area contributed by atoms with Crippen LogP contribution in [0.1, 0.15) is 41.7 Å². The Morgan fingerprint density at radius 1 is 0.900 bits per heavy atom. The maximum absolute atomic E-state index is 13.3. The van der Waals surface area contributed by atoms with Crippen LogP contribution in [-0.2, 0) is 14.3 Å². The summed E-state index contributed by atoms with van der Waals surface area (Å²) < 4.78 is 5.58. The van der Waals surface area contributed by atoms with Crippen LogP contribution >= 0.6 is 0 Å². The van der Waals surface area contributed by atoms with Crippen molar-refractivity contribution >= 4 is 23.1 Å². The summed E-state index contributed by atoms with van der Waals surface area (Å²) in [5.74, 6) is -0.604. The third-order valence-electron chi connectivity index (χ3n) is 5.08. The summed E-state index contributed by atoms with van der Waals surface area (Å²) in [6.45, 7) is 12.4. The first kappa shape index (κ1) is 21.8. The van der Waals surface area contributed by atoms with Gasteiger partial charge in [0.25, 0.3) is 11.8 Å². The van der Waals surface area contributed by atoms with Crippen molar-refractivity contribution in [2.45, 2.75) is 47.6 Å². The van der Waals surface area contributed by atoms with Crippen molar-refractivity contribution in [3.63, 3.8) is 0 Å². The normalized spacial score (nSPS) is 14.3. The fourth-order valence-corrected chi connectivity index (χ4v) is 3.81. The Morgan fingerprint density at radius 3 is 2.17 bits per heavy atom. The van der Waals surface area contributed by atoms with Crippen molar-refractivity contribution in [3.05, 3.63) is 69.9 Å². The first-order valence-electron chi connectivity index (χ1n) is 10.3. The third-order valence-corrected chi connectivity index (χ3v) is 5.08. The highest BCUT2D eigenvalue weighted by Crippen LogP contribution is 2.32. The van der Waals surface area contributed by atoms with Gasteiger partial charge in [-0.1, -0.05) is 29.8 Å². The zero-order valence-corrected chi connectivity index (χ0v) is 18.6. The van der Waals surface area contributed by atoms with Crippen LogP contribution in [-0.4, -0.2) is 36.0 Å². The molecule has 1 aliphatic rings. The van der Waals surface area contributed by atoms with E-state index in [4.69, 9.17) is 4.74 Å². The predicted octanol–water partition coefficient (Wildman–Crippen LogP) is 4.54. The molecule has 0 unspecified atom stereocenters. The molecule has 0 saturated heterocycles. The Kier molecular flexibility index (Phi) is 6.42. The molecule has 1 aliphatic heterocycles. The number of carbonyl (C=O) groups is 2. The number of nitrogens with one attached hydrogen (secondary N) is 1. The number of anilines is 1. The van der Waals surface area contributed by atoms with Crippen molar-refractivity contribution in [1.29, 1.82) is 0 Å². The molecule has 2 amide bonds. The van der Waals surface area contributed by atoms with E-state index in [1.165, 1.54) is 4.90 Å². The van der Waals surface area contributed by atoms with Gasteiger partial charge in [-0.25, -0.2) is 0 Å². The Labute approximate surface area is 178 Å². The Bertz CT molecular complexity index is 1000. The number of amides is 2. The molecule has 0 bridgehead atoms. The topological polar surface area (TPSA) is 58.6 Å². The number of rotatable bonds is 7. The van der Waals surface area contributed by atoms with E-state index in [1.807, 2.05) is 71.9 Å². The average Bonchev–Trinajstić information content (AvgIpc) is 2.85. The van der Waals surface area contributed by atoms with Crippen molar-refractivity contribution in [1.82, 2.24) is 4.90 Å². The van der Waals surface area contributed by atoms with Crippen molar-refractivity contribution in [2.24, 2.45) is 0 Å². The third kappa shape index (κ3) is 4.62. The SMILES string of the molecule is Cc1cc(C)cc(NC2=C(c3ccc(C)cc3C)C(=O)N(CCOC(C)C)C2=O)c1. The van der Waals surface area contributed by atoms with E-state index in [-0.39, 0.29) is 24.5 Å². The smallest absolute Gasteiger partial charge is 0.278 e. The zero-order chi connectivity index (χ0) is 22.0. The number of hydrogen-bond acceptors (Lipinski definition) is 4. The molecule has 0 spiro atoms. The van der Waals surface area contributed by atoms with Gasteiger partial charge in [-0.15, -0.1) is 0 Å². The van der Waals surface area contributed by atoms with Gasteiger partial charge in [0, 0.05) is 5.69 Å². The van der Waals surface area contributed by atoms with Crippen molar-refractivity contribution in [3.8, 4) is 0 Å². The van der Waals surface area contributed by atoms with Gasteiger partial charge in [0.1, 0.15) is 5.70 Å². The number of aryl methyl sites for hydroxylation is 4. The van der Waals surface area contributed by atoms with Gasteiger partial charge in [0.05, 0.1) is 24.8 Å². The van der Waals surface area contributed by atoms with Gasteiger partial charge >= 0.3 is 0 Å². The predicted molar refractivity (Wildman–Crippen MR) is 120 cm³/mol. The summed E-state index contributed by atoms with van der Waals surface area (Å²) >= 11 is 0. The molecular formula is C25H30N2O3. The van der Waals surface area contributed by atoms with Crippen LogP contribution in [0.3, 0.4) is 0 Å². The molecule has 5 heteroatoms. The van der Waals surface area contributed by atoms with E-state index in [1.54, 1.807) is 0 Å². The lowest BCUT2D eigenvalue weighted by molar-refractivity contribution is -0.137.